The maximum atomic E-state index is 12.9. The Labute approximate surface area is 107 Å². The molecule has 3 rings (SSSR count). The normalized spacial score (nSPS) is 35.0. The number of carbonyl (C=O) groups is 2. The van der Waals surface area contributed by atoms with Crippen molar-refractivity contribution < 1.29 is 14.0 Å². The number of nitrogens with zero attached hydrogens (tertiary/aromatic N) is 2. The van der Waals surface area contributed by atoms with E-state index in [1.165, 1.54) is 24.3 Å². The first kappa shape index (κ1) is 11.4. The summed E-state index contributed by atoms with van der Waals surface area (Å²) < 4.78 is 12.9. The topological polar surface area (TPSA) is 93.8 Å². The Morgan fingerprint density at radius 2 is 1.53 bits per heavy atom. The van der Waals surface area contributed by atoms with Gasteiger partial charge in [0.2, 0.25) is 11.8 Å². The van der Waals surface area contributed by atoms with Crippen molar-refractivity contribution in [1.82, 2.24) is 5.32 Å². The number of nitriles is 2. The van der Waals surface area contributed by atoms with Crippen LogP contribution in [-0.2, 0) is 9.59 Å². The van der Waals surface area contributed by atoms with Gasteiger partial charge in [0.1, 0.15) is 5.82 Å². The maximum absolute atomic E-state index is 12.9. The van der Waals surface area contributed by atoms with E-state index < -0.39 is 34.4 Å². The highest BCUT2D eigenvalue weighted by atomic mass is 19.1. The van der Waals surface area contributed by atoms with E-state index in [-0.39, 0.29) is 0 Å². The maximum Gasteiger partial charge on any atom is 0.250 e. The third-order valence-electron chi connectivity index (χ3n) is 3.90. The van der Waals surface area contributed by atoms with Crippen molar-refractivity contribution in [3.8, 4) is 12.1 Å². The monoisotopic (exact) mass is 255 g/mol. The van der Waals surface area contributed by atoms with E-state index in [2.05, 4.69) is 0 Å². The fraction of sp³-hybridized carbons (Fsp3) is 0.231. The number of amides is 2. The van der Waals surface area contributed by atoms with Crippen molar-refractivity contribution in [3.63, 3.8) is 0 Å². The molecule has 1 aliphatic heterocycles. The Kier molecular flexibility index (Phi) is 1.90. The van der Waals surface area contributed by atoms with Gasteiger partial charge in [0.25, 0.3) is 0 Å². The first-order chi connectivity index (χ1) is 9.04. The van der Waals surface area contributed by atoms with Gasteiger partial charge in [-0.1, -0.05) is 12.1 Å². The quantitative estimate of drug-likeness (QED) is 0.743. The SMILES string of the molecule is N#CC12C(=O)NC(=O)C1(C#N)C2c1ccc(F)cc1. The Bertz CT molecular complexity index is 662. The van der Waals surface area contributed by atoms with Gasteiger partial charge in [0.05, 0.1) is 12.1 Å². The van der Waals surface area contributed by atoms with Crippen LogP contribution in [0.25, 0.3) is 0 Å². The van der Waals surface area contributed by atoms with Gasteiger partial charge in [-0.3, -0.25) is 14.9 Å². The molecule has 2 atom stereocenters. The first-order valence-corrected chi connectivity index (χ1v) is 5.48. The molecule has 1 heterocycles. The number of carbonyl (C=O) groups excluding carboxylic acids is 2. The minimum atomic E-state index is -1.68. The predicted molar refractivity (Wildman–Crippen MR) is 58.4 cm³/mol. The van der Waals surface area contributed by atoms with Crippen LogP contribution < -0.4 is 5.32 Å². The fourth-order valence-corrected chi connectivity index (χ4v) is 2.96. The number of fused-ring (bicyclic) bond motifs is 1. The van der Waals surface area contributed by atoms with Crippen molar-refractivity contribution in [2.24, 2.45) is 10.8 Å². The van der Waals surface area contributed by atoms with Gasteiger partial charge in [-0.25, -0.2) is 4.39 Å². The number of hydrogen-bond donors (Lipinski definition) is 1. The van der Waals surface area contributed by atoms with E-state index >= 15 is 0 Å². The molecule has 0 radical (unpaired) electrons. The Morgan fingerprint density at radius 3 is 1.95 bits per heavy atom. The summed E-state index contributed by atoms with van der Waals surface area (Å²) in [6.07, 6.45) is 0. The lowest BCUT2D eigenvalue weighted by atomic mass is 9.98. The van der Waals surface area contributed by atoms with Gasteiger partial charge in [-0.15, -0.1) is 0 Å². The minimum Gasteiger partial charge on any atom is -0.293 e. The molecule has 19 heavy (non-hydrogen) atoms. The third-order valence-corrected chi connectivity index (χ3v) is 3.90. The molecule has 0 bridgehead atoms. The van der Waals surface area contributed by atoms with Gasteiger partial charge in [-0.2, -0.15) is 10.5 Å². The Morgan fingerprint density at radius 1 is 1.05 bits per heavy atom. The van der Waals surface area contributed by atoms with Crippen LogP contribution in [0.1, 0.15) is 11.5 Å². The number of rotatable bonds is 1. The molecule has 1 aliphatic carbocycles. The van der Waals surface area contributed by atoms with Crippen LogP contribution in [0, 0.1) is 39.3 Å². The van der Waals surface area contributed by atoms with E-state index in [0.29, 0.717) is 5.56 Å². The summed E-state index contributed by atoms with van der Waals surface area (Å²) in [6, 6.07) is 8.71. The average molecular weight is 255 g/mol. The molecule has 1 saturated heterocycles. The molecule has 1 N–H and O–H groups in total. The molecule has 2 fully saturated rings. The molecule has 0 aromatic heterocycles. The zero-order valence-electron chi connectivity index (χ0n) is 9.48. The highest BCUT2D eigenvalue weighted by molar-refractivity contribution is 6.19. The molecule has 0 spiro atoms. The van der Waals surface area contributed by atoms with Crippen LogP contribution >= 0.6 is 0 Å². The number of nitrogens with one attached hydrogen (secondary N) is 1. The average Bonchev–Trinajstić information content (AvgIpc) is 2.97. The zero-order valence-corrected chi connectivity index (χ0v) is 9.48. The molecular formula is C13H6FN3O2. The van der Waals surface area contributed by atoms with Crippen LogP contribution in [-0.4, -0.2) is 11.8 Å². The molecule has 2 amide bonds. The standard InChI is InChI=1S/C13H6FN3O2/c14-8-3-1-7(2-4-8)9-12(5-15)10(18)17-11(19)13(9,12)6-16/h1-4,9H,(H,17,18,19). The molecule has 92 valence electrons. The zero-order chi connectivity index (χ0) is 13.8. The van der Waals surface area contributed by atoms with Crippen LogP contribution in [0.15, 0.2) is 24.3 Å². The lowest BCUT2D eigenvalue weighted by Crippen LogP contribution is -2.31. The van der Waals surface area contributed by atoms with E-state index in [9.17, 15) is 24.5 Å². The summed E-state index contributed by atoms with van der Waals surface area (Å²) in [4.78, 5) is 23.6. The predicted octanol–water partition coefficient (Wildman–Crippen LogP) is 0.599. The Hall–Kier alpha value is -2.73. The van der Waals surface area contributed by atoms with Gasteiger partial charge < -0.3 is 0 Å². The number of piperidine rings is 1. The third kappa shape index (κ3) is 0.984. The van der Waals surface area contributed by atoms with Gasteiger partial charge >= 0.3 is 0 Å². The van der Waals surface area contributed by atoms with E-state index in [1.54, 1.807) is 12.1 Å². The molecule has 1 saturated carbocycles. The molecule has 5 nitrogen and oxygen atoms in total. The second kappa shape index (κ2) is 3.18. The van der Waals surface area contributed by atoms with Crippen molar-refractivity contribution >= 4 is 11.8 Å². The fourth-order valence-electron chi connectivity index (χ4n) is 2.96. The summed E-state index contributed by atoms with van der Waals surface area (Å²) in [5.74, 6) is -2.81. The highest BCUT2D eigenvalue weighted by Gasteiger charge is 2.90. The van der Waals surface area contributed by atoms with Gasteiger partial charge in [0.15, 0.2) is 10.8 Å². The lowest BCUT2D eigenvalue weighted by Gasteiger charge is -2.07. The summed E-state index contributed by atoms with van der Waals surface area (Å²) >= 11 is 0. The molecule has 6 heteroatoms. The van der Waals surface area contributed by atoms with Crippen LogP contribution in [0.5, 0.6) is 0 Å². The summed E-state index contributed by atoms with van der Waals surface area (Å²) in [5.41, 5.74) is -2.93. The smallest absolute Gasteiger partial charge is 0.250 e. The van der Waals surface area contributed by atoms with Crippen LogP contribution in [0.4, 0.5) is 4.39 Å². The molecular weight excluding hydrogens is 249 g/mol. The van der Waals surface area contributed by atoms with E-state index in [1.807, 2.05) is 5.32 Å². The molecule has 2 unspecified atom stereocenters. The molecule has 1 aromatic carbocycles. The number of halogens is 1. The summed E-state index contributed by atoms with van der Waals surface area (Å²) in [7, 11) is 0. The van der Waals surface area contributed by atoms with Crippen molar-refractivity contribution in [2.75, 3.05) is 0 Å². The summed E-state index contributed by atoms with van der Waals surface area (Å²) in [6.45, 7) is 0. The minimum absolute atomic E-state index is 0.438. The Balaban J connectivity index is 2.18. The number of benzene rings is 1. The second-order valence-electron chi connectivity index (χ2n) is 4.61. The van der Waals surface area contributed by atoms with Gasteiger partial charge in [0, 0.05) is 5.92 Å². The number of imide groups is 1. The van der Waals surface area contributed by atoms with E-state index in [0.717, 1.165) is 0 Å². The molecule has 2 aliphatic rings. The van der Waals surface area contributed by atoms with Crippen molar-refractivity contribution in [3.05, 3.63) is 35.6 Å². The van der Waals surface area contributed by atoms with Crippen LogP contribution in [0.3, 0.4) is 0 Å². The lowest BCUT2D eigenvalue weighted by molar-refractivity contribution is -0.128. The van der Waals surface area contributed by atoms with Gasteiger partial charge in [-0.05, 0) is 17.7 Å². The van der Waals surface area contributed by atoms with Crippen molar-refractivity contribution in [2.45, 2.75) is 5.92 Å². The number of hydrogen-bond acceptors (Lipinski definition) is 4. The van der Waals surface area contributed by atoms with E-state index in [4.69, 9.17) is 0 Å². The highest BCUT2D eigenvalue weighted by Crippen LogP contribution is 2.76. The second-order valence-corrected chi connectivity index (χ2v) is 4.61. The largest absolute Gasteiger partial charge is 0.293 e. The van der Waals surface area contributed by atoms with Crippen LogP contribution in [0.2, 0.25) is 0 Å². The first-order valence-electron chi connectivity index (χ1n) is 5.48. The van der Waals surface area contributed by atoms with Crippen molar-refractivity contribution in [1.29, 1.82) is 10.5 Å². The molecule has 1 aromatic rings. The summed E-state index contributed by atoms with van der Waals surface area (Å²) in [5, 5.41) is 20.5.